The topological polar surface area (TPSA) is 35.2 Å². The van der Waals surface area contributed by atoms with E-state index in [2.05, 4.69) is 6.92 Å². The third kappa shape index (κ3) is 4.48. The minimum absolute atomic E-state index is 0.192. The van der Waals surface area contributed by atoms with E-state index in [-0.39, 0.29) is 11.9 Å². The van der Waals surface area contributed by atoms with Crippen molar-refractivity contribution in [1.29, 1.82) is 0 Å². The average molecular weight is 305 g/mol. The van der Waals surface area contributed by atoms with Crippen molar-refractivity contribution in [2.75, 3.05) is 12.4 Å². The van der Waals surface area contributed by atoms with Gasteiger partial charge < -0.3 is 10.5 Å². The van der Waals surface area contributed by atoms with Gasteiger partial charge in [0.2, 0.25) is 0 Å². The second-order valence-electron chi connectivity index (χ2n) is 4.73. The first-order chi connectivity index (χ1) is 10.2. The number of ether oxygens (including phenoxy) is 1. The van der Waals surface area contributed by atoms with E-state index in [0.717, 1.165) is 17.7 Å². The van der Waals surface area contributed by atoms with Crippen LogP contribution in [0.1, 0.15) is 24.9 Å². The smallest absolute Gasteiger partial charge is 0.136 e. The molecule has 0 aliphatic rings. The van der Waals surface area contributed by atoms with Crippen LogP contribution in [0.4, 0.5) is 4.39 Å². The van der Waals surface area contributed by atoms with Crippen LogP contribution < -0.4 is 10.5 Å². The van der Waals surface area contributed by atoms with E-state index in [1.54, 1.807) is 12.1 Å². The summed E-state index contributed by atoms with van der Waals surface area (Å²) in [6.07, 6.45) is 0.952. The maximum Gasteiger partial charge on any atom is 0.136 e. The van der Waals surface area contributed by atoms with Crippen LogP contribution in [0.15, 0.2) is 53.4 Å². The highest BCUT2D eigenvalue weighted by molar-refractivity contribution is 7.99. The molecule has 0 saturated heterocycles. The molecule has 4 heteroatoms. The molecule has 2 aromatic carbocycles. The maximum atomic E-state index is 13.6. The van der Waals surface area contributed by atoms with Gasteiger partial charge in [-0.2, -0.15) is 0 Å². The fourth-order valence-electron chi connectivity index (χ4n) is 1.96. The van der Waals surface area contributed by atoms with Gasteiger partial charge in [-0.3, -0.25) is 0 Å². The SMILES string of the molecule is CCCOc1ccccc1C(N)CSc1ccccc1F. The molecule has 0 aliphatic heterocycles. The molecule has 0 radical (unpaired) electrons. The molecule has 0 aromatic heterocycles. The highest BCUT2D eigenvalue weighted by atomic mass is 32.2. The first-order valence-corrected chi connectivity index (χ1v) is 8.05. The zero-order chi connectivity index (χ0) is 15.1. The Balaban J connectivity index is 2.03. The number of hydrogen-bond acceptors (Lipinski definition) is 3. The third-order valence-corrected chi connectivity index (χ3v) is 4.20. The quantitative estimate of drug-likeness (QED) is 0.770. The summed E-state index contributed by atoms with van der Waals surface area (Å²) >= 11 is 1.43. The molecule has 0 saturated carbocycles. The molecule has 0 bridgehead atoms. The Morgan fingerprint density at radius 3 is 2.62 bits per heavy atom. The zero-order valence-corrected chi connectivity index (χ0v) is 12.9. The minimum Gasteiger partial charge on any atom is -0.493 e. The van der Waals surface area contributed by atoms with Gasteiger partial charge in [0, 0.05) is 22.3 Å². The van der Waals surface area contributed by atoms with Gasteiger partial charge in [-0.1, -0.05) is 37.3 Å². The Hall–Kier alpha value is -1.52. The standard InChI is InChI=1S/C17H20FNOS/c1-2-11-20-16-9-5-3-7-13(16)15(19)12-21-17-10-6-4-8-14(17)18/h3-10,15H,2,11-12,19H2,1H3. The molecule has 2 rings (SSSR count). The summed E-state index contributed by atoms with van der Waals surface area (Å²) in [4.78, 5) is 0.625. The van der Waals surface area contributed by atoms with Crippen molar-refractivity contribution in [2.45, 2.75) is 24.3 Å². The first-order valence-electron chi connectivity index (χ1n) is 7.07. The molecule has 1 atom stereocenters. The zero-order valence-electron chi connectivity index (χ0n) is 12.1. The Labute approximate surface area is 129 Å². The molecule has 21 heavy (non-hydrogen) atoms. The van der Waals surface area contributed by atoms with Crippen LogP contribution in [0.25, 0.3) is 0 Å². The highest BCUT2D eigenvalue weighted by Crippen LogP contribution is 2.29. The molecule has 0 amide bonds. The van der Waals surface area contributed by atoms with Crippen molar-refractivity contribution in [1.82, 2.24) is 0 Å². The summed E-state index contributed by atoms with van der Waals surface area (Å²) in [5, 5.41) is 0. The molecule has 2 nitrogen and oxygen atoms in total. The van der Waals surface area contributed by atoms with E-state index in [9.17, 15) is 4.39 Å². The van der Waals surface area contributed by atoms with Gasteiger partial charge in [0.05, 0.1) is 6.61 Å². The molecule has 1 unspecified atom stereocenters. The molecule has 0 fully saturated rings. The second-order valence-corrected chi connectivity index (χ2v) is 5.80. The molecule has 0 aliphatic carbocycles. The highest BCUT2D eigenvalue weighted by Gasteiger charge is 2.13. The number of benzene rings is 2. The van der Waals surface area contributed by atoms with Crippen LogP contribution in [0, 0.1) is 5.82 Å². The van der Waals surface area contributed by atoms with Gasteiger partial charge in [-0.05, 0) is 24.6 Å². The second kappa shape index (κ2) is 8.05. The molecular formula is C17H20FNOS. The van der Waals surface area contributed by atoms with Crippen molar-refractivity contribution in [3.8, 4) is 5.75 Å². The lowest BCUT2D eigenvalue weighted by molar-refractivity contribution is 0.313. The van der Waals surface area contributed by atoms with Crippen molar-refractivity contribution in [3.63, 3.8) is 0 Å². The van der Waals surface area contributed by atoms with E-state index in [1.807, 2.05) is 30.3 Å². The average Bonchev–Trinajstić information content (AvgIpc) is 2.52. The van der Waals surface area contributed by atoms with E-state index < -0.39 is 0 Å². The van der Waals surface area contributed by atoms with Gasteiger partial charge in [0.15, 0.2) is 0 Å². The fraction of sp³-hybridized carbons (Fsp3) is 0.294. The van der Waals surface area contributed by atoms with Crippen LogP contribution in [0.3, 0.4) is 0 Å². The predicted octanol–water partition coefficient (Wildman–Crippen LogP) is 4.41. The first kappa shape index (κ1) is 15.9. The van der Waals surface area contributed by atoms with Crippen molar-refractivity contribution >= 4 is 11.8 Å². The number of nitrogens with two attached hydrogens (primary N) is 1. The maximum absolute atomic E-state index is 13.6. The lowest BCUT2D eigenvalue weighted by Gasteiger charge is -2.16. The summed E-state index contributed by atoms with van der Waals surface area (Å²) in [7, 11) is 0. The molecule has 0 spiro atoms. The fourth-order valence-corrected chi connectivity index (χ4v) is 2.88. The number of hydrogen-bond donors (Lipinski definition) is 1. The van der Waals surface area contributed by atoms with Gasteiger partial charge in [0.25, 0.3) is 0 Å². The number of halogens is 1. The number of rotatable bonds is 7. The molecular weight excluding hydrogens is 285 g/mol. The summed E-state index contributed by atoms with van der Waals surface area (Å²) in [6, 6.07) is 14.3. The monoisotopic (exact) mass is 305 g/mol. The Morgan fingerprint density at radius 2 is 1.86 bits per heavy atom. The number of thioether (sulfide) groups is 1. The van der Waals surface area contributed by atoms with Crippen LogP contribution in [-0.4, -0.2) is 12.4 Å². The Bertz CT molecular complexity index is 576. The van der Waals surface area contributed by atoms with Crippen LogP contribution in [-0.2, 0) is 0 Å². The van der Waals surface area contributed by atoms with Gasteiger partial charge >= 0.3 is 0 Å². The van der Waals surface area contributed by atoms with Crippen molar-refractivity contribution in [2.24, 2.45) is 5.73 Å². The normalized spacial score (nSPS) is 12.1. The summed E-state index contributed by atoms with van der Waals surface area (Å²) in [5.41, 5.74) is 7.21. The van der Waals surface area contributed by atoms with E-state index in [4.69, 9.17) is 10.5 Å². The minimum atomic E-state index is -0.204. The molecule has 0 heterocycles. The van der Waals surface area contributed by atoms with E-state index in [1.165, 1.54) is 17.8 Å². The third-order valence-electron chi connectivity index (χ3n) is 3.04. The summed E-state index contributed by atoms with van der Waals surface area (Å²) in [6.45, 7) is 2.74. The van der Waals surface area contributed by atoms with Gasteiger partial charge in [0.1, 0.15) is 11.6 Å². The molecule has 2 N–H and O–H groups in total. The lowest BCUT2D eigenvalue weighted by Crippen LogP contribution is -2.14. The van der Waals surface area contributed by atoms with Crippen LogP contribution in [0.5, 0.6) is 5.75 Å². The largest absolute Gasteiger partial charge is 0.493 e. The molecule has 112 valence electrons. The van der Waals surface area contributed by atoms with Crippen LogP contribution in [0.2, 0.25) is 0 Å². The van der Waals surface area contributed by atoms with Gasteiger partial charge in [-0.25, -0.2) is 4.39 Å². The predicted molar refractivity (Wildman–Crippen MR) is 86.3 cm³/mol. The van der Waals surface area contributed by atoms with Crippen molar-refractivity contribution in [3.05, 3.63) is 59.9 Å². The number of para-hydroxylation sites is 1. The lowest BCUT2D eigenvalue weighted by atomic mass is 10.1. The molecule has 2 aromatic rings. The van der Waals surface area contributed by atoms with Crippen LogP contribution >= 0.6 is 11.8 Å². The Kier molecular flexibility index (Phi) is 6.08. The summed E-state index contributed by atoms with van der Waals surface area (Å²) < 4.78 is 19.3. The van der Waals surface area contributed by atoms with Crippen molar-refractivity contribution < 1.29 is 9.13 Å². The van der Waals surface area contributed by atoms with Gasteiger partial charge in [-0.15, -0.1) is 11.8 Å². The van der Waals surface area contributed by atoms with E-state index >= 15 is 0 Å². The van der Waals surface area contributed by atoms with E-state index in [0.29, 0.717) is 17.3 Å². The summed E-state index contributed by atoms with van der Waals surface area (Å²) in [5.74, 6) is 1.22. The Morgan fingerprint density at radius 1 is 1.14 bits per heavy atom.